The zero-order valence-electron chi connectivity index (χ0n) is 12.8. The van der Waals surface area contributed by atoms with Gasteiger partial charge in [0.2, 0.25) is 5.91 Å². The molecule has 0 radical (unpaired) electrons. The van der Waals surface area contributed by atoms with Crippen LogP contribution in [0.1, 0.15) is 67.2 Å². The van der Waals surface area contributed by atoms with E-state index in [4.69, 9.17) is 5.53 Å². The molecule has 106 valence electrons. The van der Waals surface area contributed by atoms with E-state index in [1.807, 2.05) is 0 Å². The number of nitrogens with one attached hydrogen (secondary N) is 2. The monoisotopic (exact) mass is 255 g/mol. The Hall–Kier alpha value is -0.930. The van der Waals surface area contributed by atoms with Gasteiger partial charge in [0.05, 0.1) is 0 Å². The first-order valence-corrected chi connectivity index (χ1v) is 6.92. The Bertz CT molecular complexity index is 283. The average Bonchev–Trinajstić information content (AvgIpc) is 2.35. The molecule has 4 nitrogen and oxygen atoms in total. The summed E-state index contributed by atoms with van der Waals surface area (Å²) in [4.78, 5) is 12.1. The Morgan fingerprint density at radius 2 is 1.67 bits per heavy atom. The molecule has 2 N–H and O–H groups in total. The number of carbonyl (C=O) groups excluding carboxylic acids is 1. The molecule has 0 saturated carbocycles. The maximum absolute atomic E-state index is 12.1. The van der Waals surface area contributed by atoms with Gasteiger partial charge in [-0.05, 0) is 17.3 Å². The molecular formula is C14H29N3O. The van der Waals surface area contributed by atoms with E-state index >= 15 is 0 Å². The molecule has 0 aliphatic carbocycles. The van der Waals surface area contributed by atoms with Crippen molar-refractivity contribution in [3.63, 3.8) is 0 Å². The van der Waals surface area contributed by atoms with Crippen molar-refractivity contribution in [3.05, 3.63) is 0 Å². The largest absolute Gasteiger partial charge is 0.273 e. The molecule has 0 fully saturated rings. The summed E-state index contributed by atoms with van der Waals surface area (Å²) in [6, 6.07) is 0. The predicted octanol–water partition coefficient (Wildman–Crippen LogP) is 4.32. The molecule has 0 spiro atoms. The van der Waals surface area contributed by atoms with Crippen LogP contribution < -0.4 is 5.43 Å². The predicted molar refractivity (Wildman–Crippen MR) is 74.2 cm³/mol. The summed E-state index contributed by atoms with van der Waals surface area (Å²) in [6.45, 7) is 12.9. The van der Waals surface area contributed by atoms with Gasteiger partial charge in [-0.2, -0.15) is 5.53 Å². The Morgan fingerprint density at radius 1 is 1.17 bits per heavy atom. The van der Waals surface area contributed by atoms with E-state index in [-0.39, 0.29) is 22.7 Å². The van der Waals surface area contributed by atoms with Crippen LogP contribution in [0.15, 0.2) is 5.22 Å². The van der Waals surface area contributed by atoms with E-state index in [0.29, 0.717) is 0 Å². The maximum Gasteiger partial charge on any atom is 0.245 e. The van der Waals surface area contributed by atoms with Gasteiger partial charge in [-0.25, -0.2) is 5.43 Å². The SMILES string of the molecule is CCC(C)(CC)CC(C(=O)NN=N)C(C)(C)CC. The summed E-state index contributed by atoms with van der Waals surface area (Å²) >= 11 is 0. The third kappa shape index (κ3) is 4.39. The number of hydrogen-bond donors (Lipinski definition) is 2. The highest BCUT2D eigenvalue weighted by Gasteiger charge is 2.38. The van der Waals surface area contributed by atoms with E-state index < -0.39 is 0 Å². The molecule has 0 aromatic heterocycles. The fourth-order valence-corrected chi connectivity index (χ4v) is 2.13. The molecule has 18 heavy (non-hydrogen) atoms. The second kappa shape index (κ2) is 6.86. The highest BCUT2D eigenvalue weighted by Crippen LogP contribution is 2.42. The van der Waals surface area contributed by atoms with Crippen LogP contribution in [-0.4, -0.2) is 5.91 Å². The van der Waals surface area contributed by atoms with E-state index in [9.17, 15) is 4.79 Å². The van der Waals surface area contributed by atoms with Crippen LogP contribution in [0, 0.1) is 22.3 Å². The average molecular weight is 255 g/mol. The van der Waals surface area contributed by atoms with Crippen molar-refractivity contribution in [2.45, 2.75) is 67.2 Å². The maximum atomic E-state index is 12.1. The van der Waals surface area contributed by atoms with Crippen LogP contribution in [0.2, 0.25) is 0 Å². The number of hydrogen-bond acceptors (Lipinski definition) is 3. The van der Waals surface area contributed by atoms with Gasteiger partial charge in [0.15, 0.2) is 0 Å². The zero-order chi connectivity index (χ0) is 14.4. The van der Waals surface area contributed by atoms with E-state index in [0.717, 1.165) is 25.7 Å². The van der Waals surface area contributed by atoms with Gasteiger partial charge in [0.1, 0.15) is 0 Å². The summed E-state index contributed by atoms with van der Waals surface area (Å²) in [5, 5.41) is 3.04. The van der Waals surface area contributed by atoms with Gasteiger partial charge < -0.3 is 0 Å². The smallest absolute Gasteiger partial charge is 0.245 e. The highest BCUT2D eigenvalue weighted by molar-refractivity contribution is 5.79. The van der Waals surface area contributed by atoms with Gasteiger partial charge in [-0.15, -0.1) is 0 Å². The highest BCUT2D eigenvalue weighted by atomic mass is 16.2. The summed E-state index contributed by atoms with van der Waals surface area (Å²) < 4.78 is 0. The second-order valence-corrected chi connectivity index (χ2v) is 6.20. The molecular weight excluding hydrogens is 226 g/mol. The number of nitrogens with zero attached hydrogens (tertiary/aromatic N) is 1. The van der Waals surface area contributed by atoms with Gasteiger partial charge in [0, 0.05) is 5.92 Å². The number of rotatable bonds is 8. The first-order chi connectivity index (χ1) is 8.26. The Morgan fingerprint density at radius 3 is 2.00 bits per heavy atom. The summed E-state index contributed by atoms with van der Waals surface area (Å²) in [5.74, 6) is -0.216. The molecule has 1 atom stereocenters. The third-order valence-electron chi connectivity index (χ3n) is 4.74. The topological polar surface area (TPSA) is 65.3 Å². The van der Waals surface area contributed by atoms with E-state index in [1.165, 1.54) is 0 Å². The van der Waals surface area contributed by atoms with Crippen molar-refractivity contribution in [3.8, 4) is 0 Å². The Labute approximate surface area is 111 Å². The third-order valence-corrected chi connectivity index (χ3v) is 4.74. The van der Waals surface area contributed by atoms with Crippen molar-refractivity contribution < 1.29 is 4.79 Å². The molecule has 4 heteroatoms. The molecule has 1 amide bonds. The molecule has 0 heterocycles. The lowest BCUT2D eigenvalue weighted by Gasteiger charge is -2.38. The molecule has 1 unspecified atom stereocenters. The molecule has 0 aromatic rings. The summed E-state index contributed by atoms with van der Waals surface area (Å²) in [6.07, 6.45) is 3.91. The van der Waals surface area contributed by atoms with Crippen molar-refractivity contribution in [2.24, 2.45) is 22.0 Å². The fraction of sp³-hybridized carbons (Fsp3) is 0.929. The van der Waals surface area contributed by atoms with Crippen molar-refractivity contribution >= 4 is 5.91 Å². The molecule has 0 aliphatic rings. The Balaban J connectivity index is 5.11. The Kier molecular flexibility index (Phi) is 6.50. The van der Waals surface area contributed by atoms with Crippen LogP contribution in [0.3, 0.4) is 0 Å². The van der Waals surface area contributed by atoms with E-state index in [1.54, 1.807) is 0 Å². The van der Waals surface area contributed by atoms with Gasteiger partial charge in [-0.3, -0.25) is 4.79 Å². The molecule has 0 rings (SSSR count). The minimum Gasteiger partial charge on any atom is -0.273 e. The van der Waals surface area contributed by atoms with Crippen LogP contribution in [0.4, 0.5) is 0 Å². The number of carbonyl (C=O) groups is 1. The van der Waals surface area contributed by atoms with Gasteiger partial charge >= 0.3 is 0 Å². The van der Waals surface area contributed by atoms with Crippen LogP contribution in [-0.2, 0) is 4.79 Å². The quantitative estimate of drug-likeness (QED) is 0.492. The molecule has 0 aliphatic heterocycles. The van der Waals surface area contributed by atoms with E-state index in [2.05, 4.69) is 52.2 Å². The lowest BCUT2D eigenvalue weighted by molar-refractivity contribution is -0.130. The van der Waals surface area contributed by atoms with Crippen molar-refractivity contribution in [2.75, 3.05) is 0 Å². The van der Waals surface area contributed by atoms with Gasteiger partial charge in [-0.1, -0.05) is 66.0 Å². The summed E-state index contributed by atoms with van der Waals surface area (Å²) in [7, 11) is 0. The van der Waals surface area contributed by atoms with Crippen molar-refractivity contribution in [1.82, 2.24) is 5.43 Å². The van der Waals surface area contributed by atoms with Crippen LogP contribution in [0.5, 0.6) is 0 Å². The first kappa shape index (κ1) is 17.1. The minimum atomic E-state index is -0.120. The van der Waals surface area contributed by atoms with Crippen molar-refractivity contribution in [1.29, 1.82) is 5.53 Å². The fourth-order valence-electron chi connectivity index (χ4n) is 2.13. The van der Waals surface area contributed by atoms with Gasteiger partial charge in [0.25, 0.3) is 0 Å². The zero-order valence-corrected chi connectivity index (χ0v) is 12.8. The molecule has 0 saturated heterocycles. The van der Waals surface area contributed by atoms with Crippen LogP contribution in [0.25, 0.3) is 0 Å². The second-order valence-electron chi connectivity index (χ2n) is 6.20. The molecule has 0 bridgehead atoms. The van der Waals surface area contributed by atoms with Crippen LogP contribution >= 0.6 is 0 Å². The minimum absolute atomic E-state index is 0.0691. The standard InChI is InChI=1S/C14H29N3O/c1-7-13(4,5)11(12(18)16-17-15)10-14(6,8-2)9-3/h11H,7-10H2,1-6H3,(H2,15,16,18). The lowest BCUT2D eigenvalue weighted by atomic mass is 9.67. The lowest BCUT2D eigenvalue weighted by Crippen LogP contribution is -2.40. The molecule has 0 aromatic carbocycles. The normalized spacial score (nSPS) is 14.1. The number of amides is 1. The first-order valence-electron chi connectivity index (χ1n) is 6.92. The summed E-state index contributed by atoms with van der Waals surface area (Å²) in [5.41, 5.74) is 9.22.